The van der Waals surface area contributed by atoms with Crippen LogP contribution in [-0.4, -0.2) is 30.5 Å². The number of aryl methyl sites for hydroxylation is 1. The molecule has 170 valence electrons. The van der Waals surface area contributed by atoms with Crippen molar-refractivity contribution in [2.45, 2.75) is 31.1 Å². The van der Waals surface area contributed by atoms with Gasteiger partial charge in [0.2, 0.25) is 0 Å². The maximum absolute atomic E-state index is 12.7. The molecule has 0 aliphatic rings. The molecule has 0 unspecified atom stereocenters. The summed E-state index contributed by atoms with van der Waals surface area (Å²) in [5, 5.41) is 4.52. The Balaban J connectivity index is 1.83. The molecule has 0 aliphatic heterocycles. The minimum atomic E-state index is -4.92. The minimum Gasteiger partial charge on any atom is -0.406 e. The normalized spacial score (nSPS) is 12.0. The van der Waals surface area contributed by atoms with E-state index in [4.69, 9.17) is 0 Å². The second-order valence-electron chi connectivity index (χ2n) is 6.50. The molecule has 3 rings (SSSR count). The van der Waals surface area contributed by atoms with Crippen LogP contribution in [0.25, 0.3) is 10.8 Å². The molecule has 0 atom stereocenters. The van der Waals surface area contributed by atoms with Crippen LogP contribution in [0.15, 0.2) is 58.2 Å². The lowest BCUT2D eigenvalue weighted by molar-refractivity contribution is -0.274. The highest BCUT2D eigenvalue weighted by Crippen LogP contribution is 2.23. The second kappa shape index (κ2) is 8.96. The number of halogens is 3. The molecule has 32 heavy (non-hydrogen) atoms. The van der Waals surface area contributed by atoms with Gasteiger partial charge in [-0.15, -0.1) is 18.0 Å². The van der Waals surface area contributed by atoms with E-state index >= 15 is 0 Å². The van der Waals surface area contributed by atoms with Gasteiger partial charge in [-0.05, 0) is 36.8 Å². The van der Waals surface area contributed by atoms with E-state index in [2.05, 4.69) is 9.84 Å². The number of benzene rings is 2. The molecule has 0 fully saturated rings. The van der Waals surface area contributed by atoms with Crippen molar-refractivity contribution in [3.05, 3.63) is 64.6 Å². The van der Waals surface area contributed by atoms with Crippen LogP contribution in [0.1, 0.15) is 23.8 Å². The van der Waals surface area contributed by atoms with E-state index in [0.717, 1.165) is 28.9 Å². The van der Waals surface area contributed by atoms with Crippen molar-refractivity contribution in [2.24, 2.45) is 0 Å². The number of rotatable bonds is 7. The Morgan fingerprint density at radius 2 is 1.72 bits per heavy atom. The van der Waals surface area contributed by atoms with E-state index in [9.17, 15) is 31.2 Å². The van der Waals surface area contributed by atoms with Crippen LogP contribution in [0.2, 0.25) is 0 Å². The van der Waals surface area contributed by atoms with Crippen molar-refractivity contribution in [1.82, 2.24) is 20.0 Å². The first kappa shape index (κ1) is 23.2. The summed E-state index contributed by atoms with van der Waals surface area (Å²) >= 11 is 0. The number of ether oxygens (including phenoxy) is 1. The molecule has 0 aliphatic carbocycles. The summed E-state index contributed by atoms with van der Waals surface area (Å²) in [4.78, 5) is 26.6. The van der Waals surface area contributed by atoms with Crippen molar-refractivity contribution in [3.63, 3.8) is 0 Å². The van der Waals surface area contributed by atoms with Crippen molar-refractivity contribution in [1.29, 1.82) is 0 Å². The Hall–Kier alpha value is -3.45. The molecule has 3 aromatic rings. The first-order valence-electron chi connectivity index (χ1n) is 9.19. The largest absolute Gasteiger partial charge is 0.573 e. The van der Waals surface area contributed by atoms with Crippen LogP contribution >= 0.6 is 0 Å². The molecule has 13 heteroatoms. The third kappa shape index (κ3) is 5.23. The minimum absolute atomic E-state index is 0.176. The Kier molecular flexibility index (Phi) is 6.50. The number of carbonyl (C=O) groups excluding carboxylic acids is 1. The molecular weight excluding hydrogens is 453 g/mol. The molecule has 2 N–H and O–H groups in total. The molecule has 0 saturated carbocycles. The smallest absolute Gasteiger partial charge is 0.406 e. The number of hydrogen-bond donors (Lipinski definition) is 2. The Morgan fingerprint density at radius 3 is 2.31 bits per heavy atom. The van der Waals surface area contributed by atoms with Crippen molar-refractivity contribution in [2.75, 3.05) is 0 Å². The molecule has 1 aromatic heterocycles. The molecule has 2 aromatic carbocycles. The van der Waals surface area contributed by atoms with E-state index < -0.39 is 32.9 Å². The van der Waals surface area contributed by atoms with Gasteiger partial charge in [-0.1, -0.05) is 25.1 Å². The zero-order valence-electron chi connectivity index (χ0n) is 16.5. The summed E-state index contributed by atoms with van der Waals surface area (Å²) in [7, 11) is -4.32. The number of hydrogen-bond acceptors (Lipinski definition) is 6. The Bertz CT molecular complexity index is 1310. The lowest BCUT2D eigenvalue weighted by atomic mass is 10.1. The summed E-state index contributed by atoms with van der Waals surface area (Å²) < 4.78 is 66.3. The molecule has 0 saturated heterocycles. The predicted molar refractivity (Wildman–Crippen MR) is 107 cm³/mol. The summed E-state index contributed by atoms with van der Waals surface area (Å²) in [6, 6.07) is 9.64. The van der Waals surface area contributed by atoms with E-state index in [1.165, 1.54) is 12.1 Å². The third-order valence-electron chi connectivity index (χ3n) is 4.18. The molecule has 1 heterocycles. The summed E-state index contributed by atoms with van der Waals surface area (Å²) in [6.07, 6.45) is -4.34. The van der Waals surface area contributed by atoms with Gasteiger partial charge in [0, 0.05) is 11.9 Å². The van der Waals surface area contributed by atoms with Gasteiger partial charge in [-0.3, -0.25) is 15.0 Å². The SMILES string of the molecule is CCCn1nc(C(=O)NNS(=O)(=O)c2ccc(OC(F)(F)F)cc2)c2ccccc2c1=O. The highest BCUT2D eigenvalue weighted by atomic mass is 32.2. The van der Waals surface area contributed by atoms with Gasteiger partial charge in [0.25, 0.3) is 21.5 Å². The molecule has 0 spiro atoms. The lowest BCUT2D eigenvalue weighted by Crippen LogP contribution is -2.42. The monoisotopic (exact) mass is 470 g/mol. The van der Waals surface area contributed by atoms with Crippen molar-refractivity contribution < 1.29 is 31.1 Å². The topological polar surface area (TPSA) is 119 Å². The van der Waals surface area contributed by atoms with Gasteiger partial charge in [0.05, 0.1) is 10.3 Å². The summed E-state index contributed by atoms with van der Waals surface area (Å²) in [5.41, 5.74) is 1.44. The third-order valence-corrected chi connectivity index (χ3v) is 5.45. The van der Waals surface area contributed by atoms with E-state index in [1.54, 1.807) is 12.1 Å². The number of nitrogens with one attached hydrogen (secondary N) is 2. The number of aromatic nitrogens is 2. The van der Waals surface area contributed by atoms with Crippen LogP contribution in [0.3, 0.4) is 0 Å². The van der Waals surface area contributed by atoms with Crippen LogP contribution < -0.4 is 20.6 Å². The molecule has 0 bridgehead atoms. The van der Waals surface area contributed by atoms with Gasteiger partial charge in [0.1, 0.15) is 5.75 Å². The van der Waals surface area contributed by atoms with E-state index in [1.807, 2.05) is 17.2 Å². The fourth-order valence-electron chi connectivity index (χ4n) is 2.82. The molecule has 1 amide bonds. The average molecular weight is 470 g/mol. The molecular formula is C19H17F3N4O5S. The number of carbonyl (C=O) groups is 1. The van der Waals surface area contributed by atoms with Crippen LogP contribution in [0.5, 0.6) is 5.75 Å². The second-order valence-corrected chi connectivity index (χ2v) is 8.18. The predicted octanol–water partition coefficient (Wildman–Crippen LogP) is 2.33. The van der Waals surface area contributed by atoms with E-state index in [0.29, 0.717) is 6.42 Å². The number of amides is 1. The highest BCUT2D eigenvalue weighted by molar-refractivity contribution is 7.89. The first-order chi connectivity index (χ1) is 15.0. The van der Waals surface area contributed by atoms with Gasteiger partial charge >= 0.3 is 6.36 Å². The van der Waals surface area contributed by atoms with E-state index in [-0.39, 0.29) is 28.6 Å². The van der Waals surface area contributed by atoms with Crippen molar-refractivity contribution in [3.8, 4) is 5.75 Å². The maximum atomic E-state index is 12.7. The zero-order valence-corrected chi connectivity index (χ0v) is 17.3. The Morgan fingerprint density at radius 1 is 1.09 bits per heavy atom. The van der Waals surface area contributed by atoms with Crippen molar-refractivity contribution >= 4 is 26.7 Å². The number of fused-ring (bicyclic) bond motifs is 1. The summed E-state index contributed by atoms with van der Waals surface area (Å²) in [6.45, 7) is 2.07. The standard InChI is InChI=1S/C19H17F3N4O5S/c1-2-11-26-18(28)15-6-4-3-5-14(15)16(24-26)17(27)23-25-32(29,30)13-9-7-12(8-10-13)31-19(20,21)22/h3-10,25H,2,11H2,1H3,(H,23,27). The lowest BCUT2D eigenvalue weighted by Gasteiger charge is -2.12. The maximum Gasteiger partial charge on any atom is 0.573 e. The number of alkyl halides is 3. The first-order valence-corrected chi connectivity index (χ1v) is 10.7. The fourth-order valence-corrected chi connectivity index (χ4v) is 3.66. The quantitative estimate of drug-likeness (QED) is 0.512. The molecule has 9 nitrogen and oxygen atoms in total. The van der Waals surface area contributed by atoms with Gasteiger partial charge < -0.3 is 4.74 Å². The van der Waals surface area contributed by atoms with Gasteiger partial charge in [0.15, 0.2) is 5.69 Å². The van der Waals surface area contributed by atoms with Crippen LogP contribution in [-0.2, 0) is 16.6 Å². The average Bonchev–Trinajstić information content (AvgIpc) is 2.73. The van der Waals surface area contributed by atoms with Crippen LogP contribution in [0, 0.1) is 0 Å². The molecule has 0 radical (unpaired) electrons. The fraction of sp³-hybridized carbons (Fsp3) is 0.211. The number of sulfonamides is 1. The Labute approximate surface area is 179 Å². The summed E-state index contributed by atoms with van der Waals surface area (Å²) in [5.74, 6) is -1.53. The number of hydrazine groups is 1. The van der Waals surface area contributed by atoms with Gasteiger partial charge in [-0.25, -0.2) is 13.1 Å². The zero-order chi connectivity index (χ0) is 23.5. The number of nitrogens with zero attached hydrogens (tertiary/aromatic N) is 2. The van der Waals surface area contributed by atoms with Gasteiger partial charge in [-0.2, -0.15) is 5.10 Å². The van der Waals surface area contributed by atoms with Crippen LogP contribution in [0.4, 0.5) is 13.2 Å². The highest BCUT2D eigenvalue weighted by Gasteiger charge is 2.31.